The lowest BCUT2D eigenvalue weighted by atomic mass is 9.95. The number of rotatable bonds is 2. The maximum Gasteiger partial charge on any atom is 0.107 e. The zero-order valence-corrected chi connectivity index (χ0v) is 8.12. The van der Waals surface area contributed by atoms with Gasteiger partial charge in [-0.05, 0) is 30.4 Å². The van der Waals surface area contributed by atoms with E-state index >= 15 is 0 Å². The molecule has 0 saturated heterocycles. The van der Waals surface area contributed by atoms with Gasteiger partial charge >= 0.3 is 0 Å². The van der Waals surface area contributed by atoms with Crippen LogP contribution >= 0.6 is 0 Å². The van der Waals surface area contributed by atoms with Crippen molar-refractivity contribution in [3.8, 4) is 0 Å². The van der Waals surface area contributed by atoms with E-state index in [1.54, 1.807) is 0 Å². The maximum absolute atomic E-state index is 13.4. The van der Waals surface area contributed by atoms with Gasteiger partial charge in [0.25, 0.3) is 0 Å². The van der Waals surface area contributed by atoms with Gasteiger partial charge in [-0.1, -0.05) is 24.3 Å². The molecular weight excluding hydrogens is 179 g/mol. The summed E-state index contributed by atoms with van der Waals surface area (Å²) in [5.41, 5.74) is 1.92. The lowest BCUT2D eigenvalue weighted by molar-refractivity contribution is 0.281. The summed E-state index contributed by atoms with van der Waals surface area (Å²) >= 11 is 0. The van der Waals surface area contributed by atoms with Crippen molar-refractivity contribution in [2.75, 3.05) is 0 Å². The minimum Gasteiger partial charge on any atom is -0.392 e. The Morgan fingerprint density at radius 3 is 2.86 bits per heavy atom. The van der Waals surface area contributed by atoms with Crippen LogP contribution in [0.3, 0.4) is 0 Å². The molecule has 76 valence electrons. The van der Waals surface area contributed by atoms with Crippen LogP contribution in [-0.2, 0) is 6.61 Å². The SMILES string of the molecule is OCc1cccc(C2CCCC2F)c1. The molecule has 1 nitrogen and oxygen atoms in total. The first-order valence-corrected chi connectivity index (χ1v) is 5.15. The van der Waals surface area contributed by atoms with E-state index in [0.717, 1.165) is 24.0 Å². The fourth-order valence-corrected chi connectivity index (χ4v) is 2.21. The summed E-state index contributed by atoms with van der Waals surface area (Å²) in [6.45, 7) is 0.0392. The second-order valence-corrected chi connectivity index (χ2v) is 3.96. The molecule has 14 heavy (non-hydrogen) atoms. The minimum atomic E-state index is -0.691. The first-order chi connectivity index (χ1) is 6.81. The van der Waals surface area contributed by atoms with Gasteiger partial charge in [-0.15, -0.1) is 0 Å². The molecular formula is C12H15FO. The Labute approximate surface area is 83.6 Å². The van der Waals surface area contributed by atoms with Crippen molar-refractivity contribution in [2.45, 2.75) is 38.0 Å². The van der Waals surface area contributed by atoms with Gasteiger partial charge in [0, 0.05) is 5.92 Å². The maximum atomic E-state index is 13.4. The summed E-state index contributed by atoms with van der Waals surface area (Å²) in [5, 5.41) is 8.98. The third-order valence-electron chi connectivity index (χ3n) is 2.99. The van der Waals surface area contributed by atoms with Gasteiger partial charge in [-0.2, -0.15) is 0 Å². The van der Waals surface area contributed by atoms with E-state index < -0.39 is 6.17 Å². The van der Waals surface area contributed by atoms with Gasteiger partial charge in [0.1, 0.15) is 6.17 Å². The number of aliphatic hydroxyl groups excluding tert-OH is 1. The summed E-state index contributed by atoms with van der Waals surface area (Å²) < 4.78 is 13.4. The van der Waals surface area contributed by atoms with Crippen molar-refractivity contribution in [2.24, 2.45) is 0 Å². The Hall–Kier alpha value is -0.890. The molecule has 0 radical (unpaired) electrons. The highest BCUT2D eigenvalue weighted by molar-refractivity contribution is 5.27. The first kappa shape index (κ1) is 9.66. The minimum absolute atomic E-state index is 0.0392. The number of aliphatic hydroxyl groups is 1. The van der Waals surface area contributed by atoms with Crippen LogP contribution in [0.25, 0.3) is 0 Å². The highest BCUT2D eigenvalue weighted by atomic mass is 19.1. The van der Waals surface area contributed by atoms with Crippen LogP contribution in [0.2, 0.25) is 0 Å². The Bertz CT molecular complexity index is 311. The van der Waals surface area contributed by atoms with E-state index in [2.05, 4.69) is 0 Å². The molecule has 1 aromatic carbocycles. The molecule has 0 spiro atoms. The van der Waals surface area contributed by atoms with Crippen molar-refractivity contribution in [1.82, 2.24) is 0 Å². The van der Waals surface area contributed by atoms with Crippen LogP contribution in [-0.4, -0.2) is 11.3 Å². The predicted molar refractivity (Wildman–Crippen MR) is 53.9 cm³/mol. The zero-order chi connectivity index (χ0) is 9.97. The standard InChI is InChI=1S/C12H15FO/c13-12-6-2-5-11(12)10-4-1-3-9(7-10)8-14/h1,3-4,7,11-12,14H,2,5-6,8H2. The number of alkyl halides is 1. The molecule has 0 bridgehead atoms. The predicted octanol–water partition coefficient (Wildman–Crippen LogP) is 2.78. The van der Waals surface area contributed by atoms with E-state index in [1.807, 2.05) is 24.3 Å². The highest BCUT2D eigenvalue weighted by Crippen LogP contribution is 2.36. The average molecular weight is 194 g/mol. The average Bonchev–Trinajstić information content (AvgIpc) is 2.65. The fourth-order valence-electron chi connectivity index (χ4n) is 2.21. The lowest BCUT2D eigenvalue weighted by Crippen LogP contribution is -2.06. The molecule has 2 atom stereocenters. The van der Waals surface area contributed by atoms with Crippen molar-refractivity contribution in [3.63, 3.8) is 0 Å². The second-order valence-electron chi connectivity index (χ2n) is 3.96. The second kappa shape index (κ2) is 4.09. The quantitative estimate of drug-likeness (QED) is 0.767. The van der Waals surface area contributed by atoms with E-state index in [0.29, 0.717) is 6.42 Å². The van der Waals surface area contributed by atoms with Crippen molar-refractivity contribution < 1.29 is 9.50 Å². The molecule has 1 saturated carbocycles. The van der Waals surface area contributed by atoms with E-state index in [1.165, 1.54) is 0 Å². The largest absolute Gasteiger partial charge is 0.392 e. The Balaban J connectivity index is 2.22. The molecule has 2 heteroatoms. The topological polar surface area (TPSA) is 20.2 Å². The molecule has 2 unspecified atom stereocenters. The molecule has 1 fully saturated rings. The number of benzene rings is 1. The molecule has 0 amide bonds. The van der Waals surface area contributed by atoms with Crippen LogP contribution in [0, 0.1) is 0 Å². The summed E-state index contributed by atoms with van der Waals surface area (Å²) in [6.07, 6.45) is 1.92. The van der Waals surface area contributed by atoms with Crippen molar-refractivity contribution >= 4 is 0 Å². The number of hydrogen-bond donors (Lipinski definition) is 1. The van der Waals surface area contributed by atoms with Gasteiger partial charge in [-0.3, -0.25) is 0 Å². The lowest BCUT2D eigenvalue weighted by Gasteiger charge is -2.13. The summed E-state index contributed by atoms with van der Waals surface area (Å²) in [7, 11) is 0. The molecule has 1 N–H and O–H groups in total. The Kier molecular flexibility index (Phi) is 2.82. The summed E-state index contributed by atoms with van der Waals surface area (Å²) in [6, 6.07) is 7.64. The molecule has 0 aliphatic heterocycles. The fraction of sp³-hybridized carbons (Fsp3) is 0.500. The third-order valence-corrected chi connectivity index (χ3v) is 2.99. The van der Waals surface area contributed by atoms with Gasteiger partial charge in [0.05, 0.1) is 6.61 Å². The van der Waals surface area contributed by atoms with Crippen LogP contribution < -0.4 is 0 Å². The van der Waals surface area contributed by atoms with E-state index in [-0.39, 0.29) is 12.5 Å². The third kappa shape index (κ3) is 1.80. The summed E-state index contributed by atoms with van der Waals surface area (Å²) in [4.78, 5) is 0. The number of hydrogen-bond acceptors (Lipinski definition) is 1. The van der Waals surface area contributed by atoms with Gasteiger partial charge in [0.15, 0.2) is 0 Å². The van der Waals surface area contributed by atoms with Crippen LogP contribution in [0.15, 0.2) is 24.3 Å². The molecule has 2 rings (SSSR count). The van der Waals surface area contributed by atoms with Crippen LogP contribution in [0.1, 0.15) is 36.3 Å². The van der Waals surface area contributed by atoms with Gasteiger partial charge in [0.2, 0.25) is 0 Å². The first-order valence-electron chi connectivity index (χ1n) is 5.15. The van der Waals surface area contributed by atoms with Crippen molar-refractivity contribution in [1.29, 1.82) is 0 Å². The Morgan fingerprint density at radius 2 is 2.21 bits per heavy atom. The van der Waals surface area contributed by atoms with Gasteiger partial charge in [-0.25, -0.2) is 4.39 Å². The highest BCUT2D eigenvalue weighted by Gasteiger charge is 2.28. The van der Waals surface area contributed by atoms with Crippen LogP contribution in [0.5, 0.6) is 0 Å². The van der Waals surface area contributed by atoms with E-state index in [9.17, 15) is 4.39 Å². The van der Waals surface area contributed by atoms with Crippen LogP contribution in [0.4, 0.5) is 4.39 Å². The zero-order valence-electron chi connectivity index (χ0n) is 8.12. The summed E-state index contributed by atoms with van der Waals surface area (Å²) in [5.74, 6) is 0.0569. The van der Waals surface area contributed by atoms with E-state index in [4.69, 9.17) is 5.11 Å². The monoisotopic (exact) mass is 194 g/mol. The molecule has 0 heterocycles. The van der Waals surface area contributed by atoms with Gasteiger partial charge < -0.3 is 5.11 Å². The Morgan fingerprint density at radius 1 is 1.36 bits per heavy atom. The molecule has 0 aromatic heterocycles. The number of halogens is 1. The smallest absolute Gasteiger partial charge is 0.107 e. The van der Waals surface area contributed by atoms with Crippen molar-refractivity contribution in [3.05, 3.63) is 35.4 Å². The molecule has 1 aliphatic carbocycles. The molecule has 1 aliphatic rings. The molecule has 1 aromatic rings. The normalized spacial score (nSPS) is 26.7.